The van der Waals surface area contributed by atoms with Crippen molar-refractivity contribution in [1.29, 1.82) is 0 Å². The van der Waals surface area contributed by atoms with Crippen molar-refractivity contribution in [3.8, 4) is 0 Å². The van der Waals surface area contributed by atoms with Crippen LogP contribution in [0, 0.1) is 0 Å². The fourth-order valence-electron chi connectivity index (χ4n) is 2.20. The van der Waals surface area contributed by atoms with Gasteiger partial charge in [-0.15, -0.1) is 0 Å². The summed E-state index contributed by atoms with van der Waals surface area (Å²) in [7, 11) is 0. The summed E-state index contributed by atoms with van der Waals surface area (Å²) in [5, 5.41) is 28.5. The molecule has 4 atom stereocenters. The second kappa shape index (κ2) is 10.3. The molecule has 0 aliphatic carbocycles. The first kappa shape index (κ1) is 17.6. The molecule has 0 aromatic heterocycles. The zero-order chi connectivity index (χ0) is 14.8. The van der Waals surface area contributed by atoms with Crippen molar-refractivity contribution < 1.29 is 24.8 Å². The lowest BCUT2D eigenvalue weighted by atomic mass is 10.0. The van der Waals surface area contributed by atoms with Crippen LogP contribution in [-0.2, 0) is 9.47 Å². The van der Waals surface area contributed by atoms with E-state index < -0.39 is 24.4 Å². The lowest BCUT2D eigenvalue weighted by Crippen LogP contribution is -2.54. The van der Waals surface area contributed by atoms with Crippen molar-refractivity contribution in [2.45, 2.75) is 63.4 Å². The zero-order valence-corrected chi connectivity index (χ0v) is 12.3. The molecule has 3 N–H and O–H groups in total. The van der Waals surface area contributed by atoms with Gasteiger partial charge in [0, 0.05) is 6.61 Å². The van der Waals surface area contributed by atoms with E-state index in [0.717, 1.165) is 19.3 Å². The van der Waals surface area contributed by atoms with E-state index in [0.29, 0.717) is 6.61 Å². The average Bonchev–Trinajstić information content (AvgIpc) is 2.45. The summed E-state index contributed by atoms with van der Waals surface area (Å²) in [5.74, 6) is 0. The van der Waals surface area contributed by atoms with Gasteiger partial charge in [0.25, 0.3) is 0 Å². The number of hydrogen-bond acceptors (Lipinski definition) is 5. The molecule has 1 saturated heterocycles. The van der Waals surface area contributed by atoms with Crippen molar-refractivity contribution in [3.63, 3.8) is 0 Å². The van der Waals surface area contributed by atoms with Crippen LogP contribution in [0.3, 0.4) is 0 Å². The number of aliphatic hydroxyl groups excluding tert-OH is 3. The topological polar surface area (TPSA) is 79.2 Å². The van der Waals surface area contributed by atoms with Crippen molar-refractivity contribution in [2.75, 3.05) is 19.8 Å². The Bertz CT molecular complexity index is 269. The SMILES string of the molecule is C/C=C/CCCCCCOC[C@@H]1OC[C@@H](O)[C@H](O)[C@H]1O. The van der Waals surface area contributed by atoms with E-state index in [1.165, 1.54) is 12.8 Å². The molecular weight excluding hydrogens is 260 g/mol. The average molecular weight is 288 g/mol. The molecule has 1 aliphatic rings. The largest absolute Gasteiger partial charge is 0.388 e. The molecular formula is C15H28O5. The van der Waals surface area contributed by atoms with Crippen LogP contribution in [-0.4, -0.2) is 59.6 Å². The van der Waals surface area contributed by atoms with Gasteiger partial charge in [-0.05, 0) is 26.2 Å². The maximum Gasteiger partial charge on any atom is 0.111 e. The van der Waals surface area contributed by atoms with Crippen molar-refractivity contribution in [3.05, 3.63) is 12.2 Å². The Morgan fingerprint density at radius 1 is 1.10 bits per heavy atom. The van der Waals surface area contributed by atoms with Gasteiger partial charge in [0.1, 0.15) is 24.4 Å². The van der Waals surface area contributed by atoms with Crippen LogP contribution in [0.5, 0.6) is 0 Å². The molecule has 0 aromatic carbocycles. The van der Waals surface area contributed by atoms with Gasteiger partial charge in [-0.2, -0.15) is 0 Å². The molecule has 0 bridgehead atoms. The summed E-state index contributed by atoms with van der Waals surface area (Å²) < 4.78 is 10.7. The predicted molar refractivity (Wildman–Crippen MR) is 76.5 cm³/mol. The Kier molecular flexibility index (Phi) is 9.05. The Morgan fingerprint density at radius 2 is 1.85 bits per heavy atom. The minimum absolute atomic E-state index is 0.0389. The van der Waals surface area contributed by atoms with E-state index in [-0.39, 0.29) is 13.2 Å². The minimum atomic E-state index is -1.15. The third kappa shape index (κ3) is 6.33. The number of ether oxygens (including phenoxy) is 2. The van der Waals surface area contributed by atoms with Crippen LogP contribution in [0.25, 0.3) is 0 Å². The molecule has 5 heteroatoms. The number of allylic oxidation sites excluding steroid dienone is 2. The molecule has 1 fully saturated rings. The maximum absolute atomic E-state index is 9.71. The molecule has 1 rings (SSSR count). The van der Waals surface area contributed by atoms with Crippen molar-refractivity contribution in [2.24, 2.45) is 0 Å². The monoisotopic (exact) mass is 288 g/mol. The molecule has 0 amide bonds. The fraction of sp³-hybridized carbons (Fsp3) is 0.867. The van der Waals surface area contributed by atoms with E-state index in [4.69, 9.17) is 9.47 Å². The first-order valence-electron chi connectivity index (χ1n) is 7.51. The lowest BCUT2D eigenvalue weighted by Gasteiger charge is -2.35. The van der Waals surface area contributed by atoms with Gasteiger partial charge in [-0.3, -0.25) is 0 Å². The van der Waals surface area contributed by atoms with E-state index in [9.17, 15) is 15.3 Å². The van der Waals surface area contributed by atoms with Crippen LogP contribution in [0.4, 0.5) is 0 Å². The van der Waals surface area contributed by atoms with Crippen LogP contribution in [0.2, 0.25) is 0 Å². The molecule has 1 heterocycles. The Labute approximate surface area is 121 Å². The number of unbranched alkanes of at least 4 members (excludes halogenated alkanes) is 4. The second-order valence-corrected chi connectivity index (χ2v) is 5.27. The van der Waals surface area contributed by atoms with Gasteiger partial charge in [-0.1, -0.05) is 25.0 Å². The second-order valence-electron chi connectivity index (χ2n) is 5.27. The van der Waals surface area contributed by atoms with Gasteiger partial charge in [0.15, 0.2) is 0 Å². The van der Waals surface area contributed by atoms with Gasteiger partial charge in [-0.25, -0.2) is 0 Å². The normalized spacial score (nSPS) is 31.0. The van der Waals surface area contributed by atoms with Crippen LogP contribution >= 0.6 is 0 Å². The number of hydrogen-bond donors (Lipinski definition) is 3. The van der Waals surface area contributed by atoms with E-state index >= 15 is 0 Å². The lowest BCUT2D eigenvalue weighted by molar-refractivity contribution is -0.199. The van der Waals surface area contributed by atoms with Gasteiger partial charge < -0.3 is 24.8 Å². The molecule has 0 saturated carbocycles. The highest BCUT2D eigenvalue weighted by molar-refractivity contribution is 4.86. The molecule has 0 aromatic rings. The zero-order valence-electron chi connectivity index (χ0n) is 12.3. The summed E-state index contributed by atoms with van der Waals surface area (Å²) in [6.45, 7) is 2.96. The summed E-state index contributed by atoms with van der Waals surface area (Å²) in [4.78, 5) is 0. The third-order valence-electron chi connectivity index (χ3n) is 3.53. The fourth-order valence-corrected chi connectivity index (χ4v) is 2.20. The molecule has 118 valence electrons. The first-order chi connectivity index (χ1) is 9.66. The molecule has 0 spiro atoms. The van der Waals surface area contributed by atoms with E-state index in [1.54, 1.807) is 0 Å². The summed E-state index contributed by atoms with van der Waals surface area (Å²) >= 11 is 0. The highest BCUT2D eigenvalue weighted by Crippen LogP contribution is 2.16. The molecule has 20 heavy (non-hydrogen) atoms. The quantitative estimate of drug-likeness (QED) is 0.436. The first-order valence-corrected chi connectivity index (χ1v) is 7.51. The van der Waals surface area contributed by atoms with Gasteiger partial charge in [0.2, 0.25) is 0 Å². The van der Waals surface area contributed by atoms with E-state index in [1.807, 2.05) is 6.92 Å². The Morgan fingerprint density at radius 3 is 2.60 bits per heavy atom. The Balaban J connectivity index is 1.98. The van der Waals surface area contributed by atoms with Crippen molar-refractivity contribution in [1.82, 2.24) is 0 Å². The molecule has 5 nitrogen and oxygen atoms in total. The van der Waals surface area contributed by atoms with Crippen molar-refractivity contribution >= 4 is 0 Å². The number of aliphatic hydroxyl groups is 3. The molecule has 1 aliphatic heterocycles. The highest BCUT2D eigenvalue weighted by atomic mass is 16.6. The third-order valence-corrected chi connectivity index (χ3v) is 3.53. The van der Waals surface area contributed by atoms with Gasteiger partial charge in [0.05, 0.1) is 13.2 Å². The molecule has 0 unspecified atom stereocenters. The van der Waals surface area contributed by atoms with Gasteiger partial charge >= 0.3 is 0 Å². The summed E-state index contributed by atoms with van der Waals surface area (Å²) in [6.07, 6.45) is 6.11. The van der Waals surface area contributed by atoms with Crippen LogP contribution in [0.1, 0.15) is 39.0 Å². The summed E-state index contributed by atoms with van der Waals surface area (Å²) in [6, 6.07) is 0. The number of rotatable bonds is 9. The summed E-state index contributed by atoms with van der Waals surface area (Å²) in [5.41, 5.74) is 0. The highest BCUT2D eigenvalue weighted by Gasteiger charge is 2.37. The maximum atomic E-state index is 9.71. The predicted octanol–water partition coefficient (Wildman–Crippen LogP) is 1.01. The van der Waals surface area contributed by atoms with E-state index in [2.05, 4.69) is 12.2 Å². The smallest absolute Gasteiger partial charge is 0.111 e. The van der Waals surface area contributed by atoms with Crippen LogP contribution < -0.4 is 0 Å². The standard InChI is InChI=1S/C15H28O5/c1-2-3-4-5-6-7-8-9-19-11-13-15(18)14(17)12(16)10-20-13/h2-3,12-18H,4-11H2,1H3/b3-2+/t12-,13+,14+,15+/m1/s1. The minimum Gasteiger partial charge on any atom is -0.388 e. The molecule has 0 radical (unpaired) electrons. The Hall–Kier alpha value is -0.460. The van der Waals surface area contributed by atoms with Crippen LogP contribution in [0.15, 0.2) is 12.2 Å².